The van der Waals surface area contributed by atoms with Crippen molar-refractivity contribution in [1.82, 2.24) is 9.62 Å². The highest BCUT2D eigenvalue weighted by Gasteiger charge is 2.36. The normalized spacial score (nSPS) is 18.4. The fourth-order valence-corrected chi connectivity index (χ4v) is 5.21. The summed E-state index contributed by atoms with van der Waals surface area (Å²) in [6.07, 6.45) is 4.07. The van der Waals surface area contributed by atoms with Crippen LogP contribution in [0.25, 0.3) is 6.08 Å². The Balaban J connectivity index is 1.98. The van der Waals surface area contributed by atoms with Gasteiger partial charge in [0.25, 0.3) is 0 Å². The third kappa shape index (κ3) is 5.47. The summed E-state index contributed by atoms with van der Waals surface area (Å²) in [5, 5.41) is 3.31. The van der Waals surface area contributed by atoms with Gasteiger partial charge < -0.3 is 5.32 Å². The summed E-state index contributed by atoms with van der Waals surface area (Å²) in [6, 6.07) is 15.0. The Morgan fingerprint density at radius 1 is 1.14 bits per heavy atom. The lowest BCUT2D eigenvalue weighted by Crippen LogP contribution is -2.49. The molecule has 1 heterocycles. The van der Waals surface area contributed by atoms with Crippen LogP contribution >= 0.6 is 11.6 Å². The van der Waals surface area contributed by atoms with E-state index in [9.17, 15) is 13.2 Å². The lowest BCUT2D eigenvalue weighted by atomic mass is 10.1. The summed E-state index contributed by atoms with van der Waals surface area (Å²) >= 11 is 5.93. The lowest BCUT2D eigenvalue weighted by Gasteiger charge is -2.29. The first-order valence-corrected chi connectivity index (χ1v) is 11.5. The molecule has 29 heavy (non-hydrogen) atoms. The highest BCUT2D eigenvalue weighted by atomic mass is 35.5. The lowest BCUT2D eigenvalue weighted by molar-refractivity contribution is -0.124. The largest absolute Gasteiger partial charge is 0.355 e. The summed E-state index contributed by atoms with van der Waals surface area (Å²) in [7, 11) is -3.88. The summed E-state index contributed by atoms with van der Waals surface area (Å²) < 4.78 is 28.3. The van der Waals surface area contributed by atoms with Gasteiger partial charge in [-0.1, -0.05) is 53.6 Å². The summed E-state index contributed by atoms with van der Waals surface area (Å²) in [6.45, 7) is 2.59. The molecule has 0 bridgehead atoms. The van der Waals surface area contributed by atoms with Crippen LogP contribution in [0.1, 0.15) is 31.7 Å². The van der Waals surface area contributed by atoms with E-state index in [-0.39, 0.29) is 17.3 Å². The number of carbonyl (C=O) groups excluding carboxylic acids is 1. The Morgan fingerprint density at radius 3 is 2.52 bits per heavy atom. The molecule has 2 aromatic carbocycles. The maximum atomic E-state index is 13.5. The van der Waals surface area contributed by atoms with Crippen LogP contribution in [0.5, 0.6) is 0 Å². The predicted molar refractivity (Wildman–Crippen MR) is 116 cm³/mol. The van der Waals surface area contributed by atoms with Crippen molar-refractivity contribution in [3.8, 4) is 0 Å². The zero-order chi connectivity index (χ0) is 20.9. The van der Waals surface area contributed by atoms with Crippen molar-refractivity contribution >= 4 is 33.6 Å². The summed E-state index contributed by atoms with van der Waals surface area (Å²) in [5.74, 6) is -0.243. The molecule has 7 heteroatoms. The molecule has 0 saturated carbocycles. The molecule has 154 valence electrons. The first-order chi connectivity index (χ1) is 13.9. The van der Waals surface area contributed by atoms with Crippen molar-refractivity contribution in [2.75, 3.05) is 13.1 Å². The molecule has 0 unspecified atom stereocenters. The van der Waals surface area contributed by atoms with E-state index in [2.05, 4.69) is 5.32 Å². The van der Waals surface area contributed by atoms with Gasteiger partial charge in [0, 0.05) is 18.1 Å². The first kappa shape index (κ1) is 21.6. The van der Waals surface area contributed by atoms with Gasteiger partial charge >= 0.3 is 0 Å². The topological polar surface area (TPSA) is 66.5 Å². The SMILES string of the molecule is CC(=Cc1ccccc1)CN([C@@H]1CCCCNC1=O)S(=O)(=O)c1ccc(Cl)cc1. The van der Waals surface area contributed by atoms with Crippen molar-refractivity contribution in [2.45, 2.75) is 37.1 Å². The second-order valence-corrected chi connectivity index (χ2v) is 9.54. The Hall–Kier alpha value is -2.15. The van der Waals surface area contributed by atoms with Crippen molar-refractivity contribution in [3.63, 3.8) is 0 Å². The average molecular weight is 433 g/mol. The van der Waals surface area contributed by atoms with Gasteiger partial charge in [0.1, 0.15) is 6.04 Å². The molecule has 0 aliphatic carbocycles. The van der Waals surface area contributed by atoms with E-state index in [1.54, 1.807) is 12.1 Å². The molecule has 2 aromatic rings. The fraction of sp³-hybridized carbons (Fsp3) is 0.318. The molecule has 1 aliphatic rings. The second kappa shape index (κ2) is 9.57. The molecule has 5 nitrogen and oxygen atoms in total. The molecular weight excluding hydrogens is 408 g/mol. The van der Waals surface area contributed by atoms with Crippen molar-refractivity contribution < 1.29 is 13.2 Å². The third-order valence-electron chi connectivity index (χ3n) is 4.89. The van der Waals surface area contributed by atoms with Crippen LogP contribution in [0.3, 0.4) is 0 Å². The molecule has 0 aromatic heterocycles. The third-order valence-corrected chi connectivity index (χ3v) is 7.01. The van der Waals surface area contributed by atoms with Gasteiger partial charge in [-0.15, -0.1) is 0 Å². The number of nitrogens with one attached hydrogen (secondary N) is 1. The van der Waals surface area contributed by atoms with Crippen molar-refractivity contribution in [3.05, 3.63) is 70.8 Å². The van der Waals surface area contributed by atoms with E-state index in [0.29, 0.717) is 18.0 Å². The minimum absolute atomic E-state index is 0.131. The van der Waals surface area contributed by atoms with Crippen molar-refractivity contribution in [1.29, 1.82) is 0 Å². The van der Waals surface area contributed by atoms with Crippen LogP contribution in [0.4, 0.5) is 0 Å². The molecular formula is C22H25ClN2O3S. The fourth-order valence-electron chi connectivity index (χ4n) is 3.43. The number of sulfonamides is 1. The highest BCUT2D eigenvalue weighted by Crippen LogP contribution is 2.25. The van der Waals surface area contributed by atoms with Crippen LogP contribution in [-0.2, 0) is 14.8 Å². The molecule has 1 atom stereocenters. The molecule has 1 aliphatic heterocycles. The number of hydrogen-bond donors (Lipinski definition) is 1. The number of amides is 1. The molecule has 1 amide bonds. The molecule has 0 spiro atoms. The maximum absolute atomic E-state index is 13.5. The quantitative estimate of drug-likeness (QED) is 0.747. The minimum atomic E-state index is -3.88. The Kier molecular flexibility index (Phi) is 7.11. The number of hydrogen-bond acceptors (Lipinski definition) is 3. The van der Waals surface area contributed by atoms with Crippen LogP contribution < -0.4 is 5.32 Å². The smallest absolute Gasteiger partial charge is 0.244 e. The molecule has 1 saturated heterocycles. The van der Waals surface area contributed by atoms with E-state index < -0.39 is 16.1 Å². The van der Waals surface area contributed by atoms with Crippen LogP contribution in [0, 0.1) is 0 Å². The minimum Gasteiger partial charge on any atom is -0.355 e. The number of rotatable bonds is 6. The monoisotopic (exact) mass is 432 g/mol. The summed E-state index contributed by atoms with van der Waals surface area (Å²) in [5.41, 5.74) is 1.84. The molecule has 1 N–H and O–H groups in total. The zero-order valence-electron chi connectivity index (χ0n) is 16.3. The van der Waals surface area contributed by atoms with E-state index >= 15 is 0 Å². The van der Waals surface area contributed by atoms with E-state index in [1.807, 2.05) is 43.3 Å². The standard InChI is InChI=1S/C22H25ClN2O3S/c1-17(15-18-7-3-2-4-8-18)16-25(21-9-5-6-14-24-22(21)26)29(27,28)20-12-10-19(23)11-13-20/h2-4,7-8,10-13,15,21H,5-6,9,14,16H2,1H3,(H,24,26)/t21-/m1/s1. The Morgan fingerprint density at radius 2 is 1.83 bits per heavy atom. The molecule has 3 rings (SSSR count). The van der Waals surface area contributed by atoms with Gasteiger partial charge in [-0.25, -0.2) is 8.42 Å². The maximum Gasteiger partial charge on any atom is 0.244 e. The zero-order valence-corrected chi connectivity index (χ0v) is 17.9. The highest BCUT2D eigenvalue weighted by molar-refractivity contribution is 7.89. The second-order valence-electron chi connectivity index (χ2n) is 7.21. The average Bonchev–Trinajstić information content (AvgIpc) is 2.91. The van der Waals surface area contributed by atoms with Gasteiger partial charge in [0.15, 0.2) is 0 Å². The Bertz CT molecular complexity index is 973. The number of benzene rings is 2. The van der Waals surface area contributed by atoms with E-state index in [0.717, 1.165) is 24.0 Å². The molecule has 0 radical (unpaired) electrons. The van der Waals surface area contributed by atoms with Crippen LogP contribution in [0.15, 0.2) is 65.1 Å². The van der Waals surface area contributed by atoms with E-state index in [1.165, 1.54) is 16.4 Å². The van der Waals surface area contributed by atoms with Crippen molar-refractivity contribution in [2.24, 2.45) is 0 Å². The van der Waals surface area contributed by atoms with Gasteiger partial charge in [-0.05, 0) is 56.0 Å². The van der Waals surface area contributed by atoms with Crippen LogP contribution in [-0.4, -0.2) is 37.8 Å². The van der Waals surface area contributed by atoms with E-state index in [4.69, 9.17) is 11.6 Å². The van der Waals surface area contributed by atoms with Gasteiger partial charge in [-0.3, -0.25) is 4.79 Å². The number of halogens is 1. The predicted octanol–water partition coefficient (Wildman–Crippen LogP) is 4.10. The van der Waals surface area contributed by atoms with Gasteiger partial charge in [0.2, 0.25) is 15.9 Å². The van der Waals surface area contributed by atoms with Gasteiger partial charge in [-0.2, -0.15) is 4.31 Å². The molecule has 1 fully saturated rings. The van der Waals surface area contributed by atoms with Crippen LogP contribution in [0.2, 0.25) is 5.02 Å². The first-order valence-electron chi connectivity index (χ1n) is 9.65. The summed E-state index contributed by atoms with van der Waals surface area (Å²) in [4.78, 5) is 12.8. The number of nitrogens with zero attached hydrogens (tertiary/aromatic N) is 1. The van der Waals surface area contributed by atoms with Gasteiger partial charge in [0.05, 0.1) is 4.90 Å². The number of carbonyl (C=O) groups is 1. The Labute approximate surface area is 177 Å².